The van der Waals surface area contributed by atoms with E-state index in [4.69, 9.17) is 0 Å². The van der Waals surface area contributed by atoms with Crippen molar-refractivity contribution in [2.24, 2.45) is 11.8 Å². The summed E-state index contributed by atoms with van der Waals surface area (Å²) in [7, 11) is -2.24. The van der Waals surface area contributed by atoms with E-state index in [-0.39, 0.29) is 0 Å². The Morgan fingerprint density at radius 2 is 0.864 bits per heavy atom. The lowest BCUT2D eigenvalue weighted by molar-refractivity contribution is 0.423. The van der Waals surface area contributed by atoms with Crippen LogP contribution in [0.1, 0.15) is 12.8 Å². The average Bonchev–Trinajstić information content (AvgIpc) is 2.77. The lowest BCUT2D eigenvalue weighted by Gasteiger charge is -2.34. The molecular weight excluding hydrogens is 296 g/mol. The van der Waals surface area contributed by atoms with Crippen molar-refractivity contribution in [3.8, 4) is 0 Å². The van der Waals surface area contributed by atoms with E-state index in [1.807, 2.05) is 0 Å². The summed E-state index contributed by atoms with van der Waals surface area (Å²) in [6.07, 6.45) is 21.8. The van der Waals surface area contributed by atoms with Gasteiger partial charge >= 0.3 is 0 Å². The Morgan fingerprint density at radius 3 is 1.18 bits per heavy atom. The second kappa shape index (κ2) is 6.88. The first-order chi connectivity index (χ1) is 10.2. The van der Waals surface area contributed by atoms with Crippen molar-refractivity contribution in [3.05, 3.63) is 48.6 Å². The molecule has 0 aromatic heterocycles. The summed E-state index contributed by atoms with van der Waals surface area (Å²) in [6.45, 7) is 15.1. The molecule has 2 aliphatic carbocycles. The van der Waals surface area contributed by atoms with Gasteiger partial charge in [-0.05, 0) is 35.8 Å². The fraction of sp³-hybridized carbons (Fsp3) is 0.600. The Hall–Kier alpha value is -0.606. The molecule has 2 aliphatic rings. The normalized spacial score (nSPS) is 32.8. The summed E-state index contributed by atoms with van der Waals surface area (Å²) in [5, 5.41) is 0. The highest BCUT2D eigenvalue weighted by Gasteiger charge is 2.33. The second-order valence-electron chi connectivity index (χ2n) is 9.28. The maximum Gasteiger partial charge on any atom is 0.0514 e. The fourth-order valence-electron chi connectivity index (χ4n) is 3.63. The van der Waals surface area contributed by atoms with Gasteiger partial charge in [0.2, 0.25) is 0 Å². The fourth-order valence-corrected chi connectivity index (χ4v) is 6.97. The molecule has 122 valence electrons. The molecule has 0 bridgehead atoms. The van der Waals surface area contributed by atoms with Crippen LogP contribution in [0.15, 0.2) is 48.6 Å². The number of allylic oxidation sites excluding steroid dienone is 8. The zero-order valence-electron chi connectivity index (χ0n) is 15.3. The Balaban J connectivity index is 2.16. The summed E-state index contributed by atoms with van der Waals surface area (Å²) < 4.78 is 0. The molecule has 0 saturated heterocycles. The van der Waals surface area contributed by atoms with Crippen molar-refractivity contribution in [2.45, 2.75) is 63.2 Å². The molecule has 0 aliphatic heterocycles. The highest BCUT2D eigenvalue weighted by Crippen LogP contribution is 2.41. The van der Waals surface area contributed by atoms with Crippen molar-refractivity contribution in [1.82, 2.24) is 0 Å². The summed E-state index contributed by atoms with van der Waals surface area (Å²) in [4.78, 5) is 0. The van der Waals surface area contributed by atoms with Crippen LogP contribution in [0.2, 0.25) is 50.4 Å². The van der Waals surface area contributed by atoms with Gasteiger partial charge in [-0.15, -0.1) is 0 Å². The van der Waals surface area contributed by atoms with Crippen LogP contribution in [0, 0.1) is 11.8 Å². The molecule has 0 N–H and O–H groups in total. The maximum atomic E-state index is 2.51. The quantitative estimate of drug-likeness (QED) is 0.507. The molecule has 22 heavy (non-hydrogen) atoms. The molecule has 0 unspecified atom stereocenters. The van der Waals surface area contributed by atoms with E-state index in [1.165, 1.54) is 12.8 Å². The van der Waals surface area contributed by atoms with Crippen LogP contribution < -0.4 is 0 Å². The zero-order valence-corrected chi connectivity index (χ0v) is 17.3. The Morgan fingerprint density at radius 1 is 0.545 bits per heavy atom. The third kappa shape index (κ3) is 4.69. The molecule has 0 fully saturated rings. The van der Waals surface area contributed by atoms with E-state index in [0.717, 1.165) is 11.1 Å². The molecule has 4 atom stereocenters. The van der Waals surface area contributed by atoms with E-state index in [9.17, 15) is 0 Å². The SMILES string of the molecule is C[Si](C)(C)[C@H]1C=CC=C[C@H]([C@H]2C=CC=C[C@H]([Si](C)(C)C)C2)C1. The standard InChI is InChI=1S/C20H34Si2/c1-21(2,3)19-13-9-7-11-17(15-19)18-12-8-10-14-20(16-18)22(4,5)6/h7-14,17-20H,15-16H2,1-6H3/t17-,18-,19-,20-/m0/s1. The van der Waals surface area contributed by atoms with Crippen molar-refractivity contribution in [2.75, 3.05) is 0 Å². The highest BCUT2D eigenvalue weighted by molar-refractivity contribution is 6.78. The predicted octanol–water partition coefficient (Wildman–Crippen LogP) is 6.67. The van der Waals surface area contributed by atoms with E-state index in [1.54, 1.807) is 0 Å². The van der Waals surface area contributed by atoms with Crippen molar-refractivity contribution in [3.63, 3.8) is 0 Å². The highest BCUT2D eigenvalue weighted by atomic mass is 28.3. The van der Waals surface area contributed by atoms with Crippen LogP contribution in [0.25, 0.3) is 0 Å². The van der Waals surface area contributed by atoms with E-state index >= 15 is 0 Å². The minimum absolute atomic E-state index is 0.710. The van der Waals surface area contributed by atoms with Crippen molar-refractivity contribution >= 4 is 16.1 Å². The first-order valence-electron chi connectivity index (χ1n) is 8.88. The summed E-state index contributed by atoms with van der Waals surface area (Å²) >= 11 is 0. The van der Waals surface area contributed by atoms with E-state index in [0.29, 0.717) is 11.8 Å². The predicted molar refractivity (Wildman–Crippen MR) is 107 cm³/mol. The molecule has 0 spiro atoms. The van der Waals surface area contributed by atoms with Gasteiger partial charge in [-0.2, -0.15) is 0 Å². The molecule has 2 heteroatoms. The first kappa shape index (κ1) is 17.7. The molecule has 2 rings (SSSR count). The number of hydrogen-bond donors (Lipinski definition) is 0. The van der Waals surface area contributed by atoms with Gasteiger partial charge in [0, 0.05) is 0 Å². The van der Waals surface area contributed by atoms with Crippen molar-refractivity contribution in [1.29, 1.82) is 0 Å². The Kier molecular flexibility index (Phi) is 5.55. The molecule has 0 heterocycles. The molecule has 0 aromatic carbocycles. The molecule has 0 nitrogen and oxygen atoms in total. The van der Waals surface area contributed by atoms with Crippen LogP contribution in [0.4, 0.5) is 0 Å². The number of hydrogen-bond acceptors (Lipinski definition) is 0. The summed E-state index contributed by atoms with van der Waals surface area (Å²) in [5.74, 6) is 1.42. The largest absolute Gasteiger partial charge is 0.0841 e. The molecular formula is C20H34Si2. The van der Waals surface area contributed by atoms with Gasteiger partial charge in [-0.3, -0.25) is 0 Å². The number of rotatable bonds is 3. The third-order valence-electron chi connectivity index (χ3n) is 5.45. The van der Waals surface area contributed by atoms with Gasteiger partial charge < -0.3 is 0 Å². The second-order valence-corrected chi connectivity index (χ2v) is 20.2. The van der Waals surface area contributed by atoms with Gasteiger partial charge in [-0.25, -0.2) is 0 Å². The average molecular weight is 331 g/mol. The molecule has 0 aromatic rings. The van der Waals surface area contributed by atoms with Crippen molar-refractivity contribution < 1.29 is 0 Å². The summed E-state index contributed by atoms with van der Waals surface area (Å²) in [5.41, 5.74) is 1.62. The van der Waals surface area contributed by atoms with Gasteiger partial charge in [0.1, 0.15) is 0 Å². The lowest BCUT2D eigenvalue weighted by Crippen LogP contribution is -2.31. The Bertz CT molecular complexity index is 437. The monoisotopic (exact) mass is 330 g/mol. The van der Waals surface area contributed by atoms with Crippen LogP contribution >= 0.6 is 0 Å². The maximum absolute atomic E-state index is 2.51. The first-order valence-corrected chi connectivity index (χ1v) is 16.0. The zero-order chi connectivity index (χ0) is 16.4. The van der Waals surface area contributed by atoms with Crippen LogP contribution in [0.5, 0.6) is 0 Å². The molecule has 0 radical (unpaired) electrons. The smallest absolute Gasteiger partial charge is 0.0514 e. The lowest BCUT2D eigenvalue weighted by atomic mass is 9.85. The topological polar surface area (TPSA) is 0 Å². The Labute approximate surface area is 140 Å². The van der Waals surface area contributed by atoms with Crippen LogP contribution in [-0.2, 0) is 0 Å². The van der Waals surface area contributed by atoms with Crippen LogP contribution in [-0.4, -0.2) is 16.1 Å². The minimum atomic E-state index is -1.12. The molecule has 0 saturated carbocycles. The van der Waals surface area contributed by atoms with Crippen LogP contribution in [0.3, 0.4) is 0 Å². The summed E-state index contributed by atoms with van der Waals surface area (Å²) in [6, 6.07) is 0. The van der Waals surface area contributed by atoms with Gasteiger partial charge in [0.15, 0.2) is 0 Å². The molecule has 0 amide bonds. The minimum Gasteiger partial charge on any atom is -0.0841 e. The van der Waals surface area contributed by atoms with Gasteiger partial charge in [0.25, 0.3) is 0 Å². The van der Waals surface area contributed by atoms with E-state index < -0.39 is 16.1 Å². The van der Waals surface area contributed by atoms with E-state index in [2.05, 4.69) is 87.9 Å². The third-order valence-corrected chi connectivity index (χ3v) is 10.8. The van der Waals surface area contributed by atoms with Gasteiger partial charge in [-0.1, -0.05) is 87.9 Å². The van der Waals surface area contributed by atoms with Gasteiger partial charge in [0.05, 0.1) is 16.1 Å².